The molecule has 1 unspecified atom stereocenters. The predicted octanol–water partition coefficient (Wildman–Crippen LogP) is 0.666. The first-order valence-electron chi connectivity index (χ1n) is 10.6. The van der Waals surface area contributed by atoms with Crippen molar-refractivity contribution in [3.8, 4) is 0 Å². The molecular formula is C19H39N5O3S. The van der Waals surface area contributed by atoms with Crippen molar-refractivity contribution in [1.29, 1.82) is 0 Å². The van der Waals surface area contributed by atoms with Crippen LogP contribution in [-0.2, 0) is 14.8 Å². The Balaban J connectivity index is 1.73. The third-order valence-corrected chi connectivity index (χ3v) is 7.15. The van der Waals surface area contributed by atoms with E-state index in [1.165, 1.54) is 25.9 Å². The van der Waals surface area contributed by atoms with Crippen LogP contribution in [0.5, 0.6) is 0 Å². The summed E-state index contributed by atoms with van der Waals surface area (Å²) in [6.45, 7) is 13.1. The third-order valence-electron chi connectivity index (χ3n) is 5.31. The number of hydrogen-bond acceptors (Lipinski definition) is 5. The molecule has 0 aromatic heterocycles. The van der Waals surface area contributed by atoms with E-state index >= 15 is 0 Å². The Labute approximate surface area is 171 Å². The molecule has 0 spiro atoms. The summed E-state index contributed by atoms with van der Waals surface area (Å²) < 4.78 is 31.9. The Hall–Kier alpha value is -0.900. The number of nitrogens with one attached hydrogen (secondary N) is 1. The maximum absolute atomic E-state index is 12.5. The van der Waals surface area contributed by atoms with Crippen molar-refractivity contribution in [3.63, 3.8) is 0 Å². The molecule has 2 saturated heterocycles. The molecule has 0 aliphatic carbocycles. The van der Waals surface area contributed by atoms with Gasteiger partial charge in [0.1, 0.15) is 0 Å². The minimum atomic E-state index is -3.26. The molecule has 1 N–H and O–H groups in total. The fourth-order valence-corrected chi connectivity index (χ4v) is 5.05. The molecule has 8 nitrogen and oxygen atoms in total. The van der Waals surface area contributed by atoms with Crippen LogP contribution in [0.25, 0.3) is 0 Å². The highest BCUT2D eigenvalue weighted by Gasteiger charge is 2.28. The van der Waals surface area contributed by atoms with Crippen molar-refractivity contribution in [1.82, 2.24) is 19.4 Å². The molecule has 0 saturated carbocycles. The molecule has 0 radical (unpaired) electrons. The van der Waals surface area contributed by atoms with Gasteiger partial charge in [0.2, 0.25) is 10.0 Å². The number of nitrogens with zero attached hydrogens (tertiary/aromatic N) is 4. The summed E-state index contributed by atoms with van der Waals surface area (Å²) in [5, 5.41) is 3.47. The van der Waals surface area contributed by atoms with Crippen LogP contribution < -0.4 is 5.32 Å². The van der Waals surface area contributed by atoms with E-state index in [1.807, 2.05) is 13.8 Å². The summed E-state index contributed by atoms with van der Waals surface area (Å²) in [4.78, 5) is 9.08. The monoisotopic (exact) mass is 417 g/mol. The van der Waals surface area contributed by atoms with Crippen LogP contribution in [0.4, 0.5) is 0 Å². The summed E-state index contributed by atoms with van der Waals surface area (Å²) in [7, 11) is -1.47. The van der Waals surface area contributed by atoms with Crippen LogP contribution >= 0.6 is 0 Å². The number of hydrogen-bond donors (Lipinski definition) is 1. The van der Waals surface area contributed by atoms with Gasteiger partial charge >= 0.3 is 0 Å². The molecule has 0 aromatic carbocycles. The maximum atomic E-state index is 12.5. The van der Waals surface area contributed by atoms with Crippen molar-refractivity contribution in [2.45, 2.75) is 39.7 Å². The van der Waals surface area contributed by atoms with Gasteiger partial charge in [0.05, 0.1) is 18.5 Å². The number of ether oxygens (including phenoxy) is 1. The normalized spacial score (nSPS) is 21.5. The van der Waals surface area contributed by atoms with Gasteiger partial charge in [-0.15, -0.1) is 0 Å². The van der Waals surface area contributed by atoms with E-state index in [1.54, 1.807) is 11.4 Å². The molecule has 28 heavy (non-hydrogen) atoms. The lowest BCUT2D eigenvalue weighted by atomic mass is 10.1. The first-order valence-corrected chi connectivity index (χ1v) is 12.2. The first kappa shape index (κ1) is 23.4. The van der Waals surface area contributed by atoms with Crippen LogP contribution in [0.1, 0.15) is 33.6 Å². The highest BCUT2D eigenvalue weighted by Crippen LogP contribution is 2.11. The molecule has 2 aliphatic heterocycles. The molecule has 164 valence electrons. The fraction of sp³-hybridized carbons (Fsp3) is 0.947. The zero-order valence-corrected chi connectivity index (χ0v) is 18.9. The smallest absolute Gasteiger partial charge is 0.216 e. The summed E-state index contributed by atoms with van der Waals surface area (Å²) in [6, 6.07) is 0. The fourth-order valence-electron chi connectivity index (χ4n) is 3.76. The molecular weight excluding hydrogens is 378 g/mol. The molecule has 2 heterocycles. The summed E-state index contributed by atoms with van der Waals surface area (Å²) in [5.41, 5.74) is 0. The Morgan fingerprint density at radius 2 is 1.71 bits per heavy atom. The molecule has 0 amide bonds. The summed E-state index contributed by atoms with van der Waals surface area (Å²) >= 11 is 0. The Bertz CT molecular complexity index is 582. The van der Waals surface area contributed by atoms with Gasteiger partial charge in [-0.3, -0.25) is 4.99 Å². The van der Waals surface area contributed by atoms with Gasteiger partial charge in [0, 0.05) is 46.3 Å². The van der Waals surface area contributed by atoms with E-state index in [0.29, 0.717) is 32.1 Å². The zero-order valence-electron chi connectivity index (χ0n) is 18.1. The van der Waals surface area contributed by atoms with Gasteiger partial charge < -0.3 is 19.9 Å². The first-order chi connectivity index (χ1) is 13.3. The molecule has 0 bridgehead atoms. The quantitative estimate of drug-likeness (QED) is 0.439. The second-order valence-corrected chi connectivity index (χ2v) is 10.3. The lowest BCUT2D eigenvalue weighted by Crippen LogP contribution is -2.54. The third kappa shape index (κ3) is 7.50. The highest BCUT2D eigenvalue weighted by atomic mass is 32.2. The standard InChI is InChI=1S/C19H39N5O3S/c1-17(2)27-13-14-28(25,26)24-11-9-23(10-12-24)19(20-4)21-15-18(3)16-22-7-5-6-8-22/h17-18H,5-16H2,1-4H3,(H,20,21). The molecule has 2 aliphatic rings. The van der Waals surface area contributed by atoms with Crippen LogP contribution in [0.15, 0.2) is 4.99 Å². The Morgan fingerprint density at radius 3 is 2.29 bits per heavy atom. The van der Waals surface area contributed by atoms with E-state index in [9.17, 15) is 8.42 Å². The van der Waals surface area contributed by atoms with Crippen LogP contribution in [0.2, 0.25) is 0 Å². The van der Waals surface area contributed by atoms with Crippen molar-refractivity contribution in [2.75, 3.05) is 71.8 Å². The molecule has 2 fully saturated rings. The average molecular weight is 418 g/mol. The topological polar surface area (TPSA) is 77.5 Å². The number of aliphatic imine (C=N–C) groups is 1. The van der Waals surface area contributed by atoms with Gasteiger partial charge in [-0.25, -0.2) is 8.42 Å². The Morgan fingerprint density at radius 1 is 1.07 bits per heavy atom. The number of likely N-dealkylation sites (tertiary alicyclic amines) is 1. The van der Waals surface area contributed by atoms with Crippen molar-refractivity contribution >= 4 is 16.0 Å². The van der Waals surface area contributed by atoms with Crippen LogP contribution in [-0.4, -0.2) is 106 Å². The van der Waals surface area contributed by atoms with E-state index in [2.05, 4.69) is 27.0 Å². The summed E-state index contributed by atoms with van der Waals surface area (Å²) in [5.74, 6) is 1.47. The number of rotatable bonds is 9. The van der Waals surface area contributed by atoms with Gasteiger partial charge in [-0.05, 0) is 45.7 Å². The van der Waals surface area contributed by atoms with E-state index in [0.717, 1.165) is 19.0 Å². The van der Waals surface area contributed by atoms with Gasteiger partial charge in [-0.2, -0.15) is 4.31 Å². The van der Waals surface area contributed by atoms with Crippen molar-refractivity contribution in [2.24, 2.45) is 10.9 Å². The molecule has 9 heteroatoms. The minimum absolute atomic E-state index is 0.0478. The highest BCUT2D eigenvalue weighted by molar-refractivity contribution is 7.89. The van der Waals surface area contributed by atoms with Crippen LogP contribution in [0.3, 0.4) is 0 Å². The zero-order chi connectivity index (χ0) is 20.6. The largest absolute Gasteiger partial charge is 0.378 e. The number of sulfonamides is 1. The maximum Gasteiger partial charge on any atom is 0.216 e. The van der Waals surface area contributed by atoms with E-state index in [-0.39, 0.29) is 18.5 Å². The van der Waals surface area contributed by atoms with E-state index in [4.69, 9.17) is 4.74 Å². The predicted molar refractivity (Wildman–Crippen MR) is 114 cm³/mol. The second kappa shape index (κ2) is 11.3. The molecule has 2 rings (SSSR count). The van der Waals surface area contributed by atoms with Crippen molar-refractivity contribution < 1.29 is 13.2 Å². The SMILES string of the molecule is CN=C(NCC(C)CN1CCCC1)N1CCN(S(=O)(=O)CCOC(C)C)CC1. The van der Waals surface area contributed by atoms with Gasteiger partial charge in [0.15, 0.2) is 5.96 Å². The molecule has 0 aromatic rings. The lowest BCUT2D eigenvalue weighted by Gasteiger charge is -2.36. The van der Waals surface area contributed by atoms with Gasteiger partial charge in [-0.1, -0.05) is 6.92 Å². The number of guanidine groups is 1. The average Bonchev–Trinajstić information content (AvgIpc) is 3.15. The van der Waals surface area contributed by atoms with Gasteiger partial charge in [0.25, 0.3) is 0 Å². The minimum Gasteiger partial charge on any atom is -0.378 e. The Kier molecular flexibility index (Phi) is 9.46. The van der Waals surface area contributed by atoms with Crippen LogP contribution in [0, 0.1) is 5.92 Å². The lowest BCUT2D eigenvalue weighted by molar-refractivity contribution is 0.0904. The second-order valence-electron chi connectivity index (χ2n) is 8.16. The summed E-state index contributed by atoms with van der Waals surface area (Å²) in [6.07, 6.45) is 2.69. The number of piperazine rings is 1. The molecule has 1 atom stereocenters. The van der Waals surface area contributed by atoms with Crippen molar-refractivity contribution in [3.05, 3.63) is 0 Å². The van der Waals surface area contributed by atoms with E-state index < -0.39 is 10.0 Å².